The highest BCUT2D eigenvalue weighted by molar-refractivity contribution is 7.18. The number of carbonyl (C=O) groups excluding carboxylic acids is 3. The number of amides is 2. The molecule has 0 bridgehead atoms. The molecule has 2 aromatic carbocycles. The van der Waals surface area contributed by atoms with Gasteiger partial charge in [-0.1, -0.05) is 48.0 Å². The average molecular weight is 508 g/mol. The first-order valence-electron chi connectivity index (χ1n) is 10.6. The Labute approximate surface area is 211 Å². The number of methoxy groups -OCH3 is 1. The van der Waals surface area contributed by atoms with Gasteiger partial charge in [0, 0.05) is 30.1 Å². The van der Waals surface area contributed by atoms with Crippen LogP contribution in [0.1, 0.15) is 36.0 Å². The topological polar surface area (TPSA) is 88.6 Å². The fourth-order valence-corrected chi connectivity index (χ4v) is 5.14. The van der Waals surface area contributed by atoms with Gasteiger partial charge in [-0.25, -0.2) is 9.78 Å². The summed E-state index contributed by atoms with van der Waals surface area (Å²) in [4.78, 5) is 45.2. The first-order valence-corrected chi connectivity index (χ1v) is 11.8. The Morgan fingerprint density at radius 3 is 2.43 bits per heavy atom. The average Bonchev–Trinajstić information content (AvgIpc) is 3.17. The summed E-state index contributed by atoms with van der Waals surface area (Å²) in [6, 6.07) is 16.2. The summed E-state index contributed by atoms with van der Waals surface area (Å²) in [5.41, 5.74) is 2.81. The molecule has 2 amide bonds. The number of benzene rings is 2. The van der Waals surface area contributed by atoms with Crippen molar-refractivity contribution >= 4 is 56.6 Å². The molecular formula is C26H22ClN3O4S. The van der Waals surface area contributed by atoms with Gasteiger partial charge in [0.05, 0.1) is 34.3 Å². The predicted molar refractivity (Wildman–Crippen MR) is 139 cm³/mol. The van der Waals surface area contributed by atoms with Crippen molar-refractivity contribution in [3.63, 3.8) is 0 Å². The Morgan fingerprint density at radius 2 is 1.74 bits per heavy atom. The van der Waals surface area contributed by atoms with E-state index in [4.69, 9.17) is 21.3 Å². The summed E-state index contributed by atoms with van der Waals surface area (Å²) in [5.74, 6) is -1.36. The molecule has 0 fully saturated rings. The molecule has 0 aliphatic rings. The molecule has 0 aliphatic carbocycles. The number of esters is 1. The van der Waals surface area contributed by atoms with E-state index in [9.17, 15) is 14.4 Å². The highest BCUT2D eigenvalue weighted by atomic mass is 35.5. The first-order chi connectivity index (χ1) is 16.7. The van der Waals surface area contributed by atoms with Crippen LogP contribution in [0, 0.1) is 6.92 Å². The molecule has 35 heavy (non-hydrogen) atoms. The van der Waals surface area contributed by atoms with Crippen molar-refractivity contribution < 1.29 is 19.1 Å². The maximum Gasteiger partial charge on any atom is 0.341 e. The van der Waals surface area contributed by atoms with Gasteiger partial charge in [-0.3, -0.25) is 9.59 Å². The zero-order valence-electron chi connectivity index (χ0n) is 19.5. The monoisotopic (exact) mass is 507 g/mol. The second kappa shape index (κ2) is 9.85. The van der Waals surface area contributed by atoms with Crippen LogP contribution in [-0.2, 0) is 4.74 Å². The van der Waals surface area contributed by atoms with E-state index in [0.29, 0.717) is 43.2 Å². The lowest BCUT2D eigenvalue weighted by molar-refractivity contribution is 0.0601. The standard InChI is InChI=1S/C26H22ClN3O4S/c1-14-21(26(33)34-4)24(35-22(14)25(32)30(2)3)29-23(31)17-13-20(16-10-5-7-11-18(16)27)28-19-12-8-6-9-15(17)19/h5-13H,1-4H3,(H,29,31). The number of pyridine rings is 1. The van der Waals surface area contributed by atoms with Gasteiger partial charge in [0.2, 0.25) is 0 Å². The lowest BCUT2D eigenvalue weighted by Crippen LogP contribution is -2.21. The van der Waals surface area contributed by atoms with Crippen molar-refractivity contribution in [1.29, 1.82) is 0 Å². The zero-order chi connectivity index (χ0) is 25.3. The van der Waals surface area contributed by atoms with E-state index in [1.165, 1.54) is 12.0 Å². The number of hydrogen-bond donors (Lipinski definition) is 1. The number of ether oxygens (including phenoxy) is 1. The Kier molecular flexibility index (Phi) is 6.86. The molecule has 0 radical (unpaired) electrons. The van der Waals surface area contributed by atoms with Crippen LogP contribution in [0.2, 0.25) is 5.02 Å². The fraction of sp³-hybridized carbons (Fsp3) is 0.154. The summed E-state index contributed by atoms with van der Waals surface area (Å²) >= 11 is 7.43. The second-order valence-corrected chi connectivity index (χ2v) is 9.39. The third-order valence-electron chi connectivity index (χ3n) is 5.47. The minimum absolute atomic E-state index is 0.153. The van der Waals surface area contributed by atoms with E-state index in [1.54, 1.807) is 39.2 Å². The Balaban J connectivity index is 1.84. The first kappa shape index (κ1) is 24.4. The van der Waals surface area contributed by atoms with Crippen LogP contribution in [0.4, 0.5) is 5.00 Å². The lowest BCUT2D eigenvalue weighted by Gasteiger charge is -2.11. The van der Waals surface area contributed by atoms with Gasteiger partial charge in [0.25, 0.3) is 11.8 Å². The summed E-state index contributed by atoms with van der Waals surface area (Å²) in [6.07, 6.45) is 0. The van der Waals surface area contributed by atoms with Gasteiger partial charge in [0.1, 0.15) is 5.00 Å². The molecule has 2 heterocycles. The number of aromatic nitrogens is 1. The summed E-state index contributed by atoms with van der Waals surface area (Å²) < 4.78 is 4.93. The minimum atomic E-state index is -0.636. The van der Waals surface area contributed by atoms with E-state index in [1.807, 2.05) is 36.4 Å². The molecule has 0 spiro atoms. The third kappa shape index (κ3) is 4.62. The highest BCUT2D eigenvalue weighted by Crippen LogP contribution is 2.36. The predicted octanol–water partition coefficient (Wildman–Crippen LogP) is 5.67. The molecule has 0 aliphatic heterocycles. The number of carbonyl (C=O) groups is 3. The number of rotatable bonds is 5. The van der Waals surface area contributed by atoms with Crippen molar-refractivity contribution in [2.24, 2.45) is 0 Å². The Hall–Kier alpha value is -3.75. The van der Waals surface area contributed by atoms with Gasteiger partial charge < -0.3 is 15.0 Å². The molecule has 0 saturated carbocycles. The van der Waals surface area contributed by atoms with E-state index >= 15 is 0 Å². The quantitative estimate of drug-likeness (QED) is 0.352. The Bertz CT molecular complexity index is 1480. The van der Waals surface area contributed by atoms with Crippen molar-refractivity contribution in [3.05, 3.63) is 81.2 Å². The fourth-order valence-electron chi connectivity index (χ4n) is 3.70. The molecule has 4 rings (SSSR count). The Morgan fingerprint density at radius 1 is 1.06 bits per heavy atom. The molecule has 2 aromatic heterocycles. The smallest absolute Gasteiger partial charge is 0.341 e. The van der Waals surface area contributed by atoms with Crippen LogP contribution in [0.15, 0.2) is 54.6 Å². The molecule has 7 nitrogen and oxygen atoms in total. The van der Waals surface area contributed by atoms with Crippen LogP contribution in [0.5, 0.6) is 0 Å². The lowest BCUT2D eigenvalue weighted by atomic mass is 10.0. The number of fused-ring (bicyclic) bond motifs is 1. The van der Waals surface area contributed by atoms with Gasteiger partial charge in [-0.2, -0.15) is 0 Å². The number of thiophene rings is 1. The molecule has 178 valence electrons. The summed E-state index contributed by atoms with van der Waals surface area (Å²) in [5, 5.41) is 4.22. The summed E-state index contributed by atoms with van der Waals surface area (Å²) in [7, 11) is 4.50. The van der Waals surface area contributed by atoms with E-state index < -0.39 is 11.9 Å². The summed E-state index contributed by atoms with van der Waals surface area (Å²) in [6.45, 7) is 1.66. The number of hydrogen-bond acceptors (Lipinski definition) is 6. The van der Waals surface area contributed by atoms with Crippen molar-refractivity contribution in [2.45, 2.75) is 6.92 Å². The molecule has 0 atom stereocenters. The van der Waals surface area contributed by atoms with E-state index in [-0.39, 0.29) is 16.5 Å². The molecule has 0 unspecified atom stereocenters. The van der Waals surface area contributed by atoms with Crippen LogP contribution in [0.3, 0.4) is 0 Å². The normalized spacial score (nSPS) is 10.8. The van der Waals surface area contributed by atoms with E-state index in [2.05, 4.69) is 5.32 Å². The van der Waals surface area contributed by atoms with E-state index in [0.717, 1.165) is 11.3 Å². The maximum absolute atomic E-state index is 13.6. The molecule has 9 heteroatoms. The second-order valence-electron chi connectivity index (χ2n) is 7.96. The SMILES string of the molecule is COC(=O)c1c(NC(=O)c2cc(-c3ccccc3Cl)nc3ccccc23)sc(C(=O)N(C)C)c1C. The van der Waals surface area contributed by atoms with Crippen molar-refractivity contribution in [1.82, 2.24) is 9.88 Å². The number of anilines is 1. The molecular weight excluding hydrogens is 486 g/mol. The van der Waals surface area contributed by atoms with Gasteiger partial charge in [0.15, 0.2) is 0 Å². The number of nitrogens with zero attached hydrogens (tertiary/aromatic N) is 2. The number of halogens is 1. The number of nitrogens with one attached hydrogen (secondary N) is 1. The maximum atomic E-state index is 13.6. The van der Waals surface area contributed by atoms with Crippen LogP contribution in [0.25, 0.3) is 22.2 Å². The zero-order valence-corrected chi connectivity index (χ0v) is 21.1. The van der Waals surface area contributed by atoms with Crippen molar-refractivity contribution in [2.75, 3.05) is 26.5 Å². The van der Waals surface area contributed by atoms with Crippen molar-refractivity contribution in [3.8, 4) is 11.3 Å². The molecule has 1 N–H and O–H groups in total. The minimum Gasteiger partial charge on any atom is -0.465 e. The largest absolute Gasteiger partial charge is 0.465 e. The molecule has 0 saturated heterocycles. The van der Waals surface area contributed by atoms with Crippen LogP contribution in [-0.4, -0.2) is 48.9 Å². The van der Waals surface area contributed by atoms with Gasteiger partial charge in [-0.15, -0.1) is 11.3 Å². The van der Waals surface area contributed by atoms with Crippen LogP contribution >= 0.6 is 22.9 Å². The number of para-hydroxylation sites is 1. The van der Waals surface area contributed by atoms with Gasteiger partial charge in [-0.05, 0) is 30.7 Å². The molecule has 4 aromatic rings. The van der Waals surface area contributed by atoms with Gasteiger partial charge >= 0.3 is 5.97 Å². The highest BCUT2D eigenvalue weighted by Gasteiger charge is 2.28. The van der Waals surface area contributed by atoms with Crippen LogP contribution < -0.4 is 5.32 Å². The third-order valence-corrected chi connectivity index (χ3v) is 7.00.